The van der Waals surface area contributed by atoms with Crippen LogP contribution in [0, 0.1) is 0 Å². The highest BCUT2D eigenvalue weighted by Crippen LogP contribution is 2.16. The van der Waals surface area contributed by atoms with Crippen molar-refractivity contribution in [1.82, 2.24) is 0 Å². The second-order valence-corrected chi connectivity index (χ2v) is 16.2. The molecule has 0 aliphatic carbocycles. The van der Waals surface area contributed by atoms with Gasteiger partial charge in [-0.25, -0.2) is 0 Å². The van der Waals surface area contributed by atoms with Gasteiger partial charge in [-0.3, -0.25) is 9.59 Å². The van der Waals surface area contributed by atoms with Gasteiger partial charge in [0.2, 0.25) is 0 Å². The second kappa shape index (κ2) is 46.5. The number of unbranched alkanes of at least 4 members (excludes halogenated alkanes) is 30. The van der Waals surface area contributed by atoms with Gasteiger partial charge in [0.1, 0.15) is 6.61 Å². The molecule has 0 amide bonds. The lowest BCUT2D eigenvalue weighted by molar-refractivity contribution is -0.161. The van der Waals surface area contributed by atoms with Crippen molar-refractivity contribution in [3.05, 3.63) is 36.5 Å². The van der Waals surface area contributed by atoms with Gasteiger partial charge in [-0.1, -0.05) is 224 Å². The zero-order valence-electron chi connectivity index (χ0n) is 36.7. The fourth-order valence-corrected chi connectivity index (χ4v) is 7.03. The summed E-state index contributed by atoms with van der Waals surface area (Å²) in [4.78, 5) is 24.4. The second-order valence-electron chi connectivity index (χ2n) is 16.2. The molecule has 55 heavy (non-hydrogen) atoms. The van der Waals surface area contributed by atoms with Crippen molar-refractivity contribution in [3.63, 3.8) is 0 Å². The Balaban J connectivity index is 3.50. The van der Waals surface area contributed by atoms with E-state index in [0.717, 1.165) is 51.4 Å². The van der Waals surface area contributed by atoms with Crippen LogP contribution in [0.5, 0.6) is 0 Å². The Labute approximate surface area is 342 Å². The molecule has 0 spiro atoms. The number of carbonyl (C=O) groups excluding carboxylic acids is 2. The summed E-state index contributed by atoms with van der Waals surface area (Å²) in [6, 6.07) is 0. The van der Waals surface area contributed by atoms with E-state index in [4.69, 9.17) is 9.47 Å². The van der Waals surface area contributed by atoms with Gasteiger partial charge in [-0.2, -0.15) is 0 Å². The molecule has 0 heterocycles. The van der Waals surface area contributed by atoms with Crippen LogP contribution in [0.4, 0.5) is 0 Å². The molecule has 0 bridgehead atoms. The van der Waals surface area contributed by atoms with E-state index >= 15 is 0 Å². The Morgan fingerprint density at radius 3 is 1.09 bits per heavy atom. The van der Waals surface area contributed by atoms with Crippen molar-refractivity contribution in [2.45, 2.75) is 258 Å². The molecule has 1 unspecified atom stereocenters. The number of aliphatic hydroxyl groups is 1. The average molecular weight is 773 g/mol. The van der Waals surface area contributed by atoms with E-state index in [1.54, 1.807) is 0 Å². The first-order valence-electron chi connectivity index (χ1n) is 24.0. The summed E-state index contributed by atoms with van der Waals surface area (Å²) in [7, 11) is 0. The molecule has 0 aromatic carbocycles. The van der Waals surface area contributed by atoms with Crippen LogP contribution in [0.1, 0.15) is 251 Å². The monoisotopic (exact) mass is 773 g/mol. The Morgan fingerprint density at radius 2 is 0.727 bits per heavy atom. The number of rotatable bonds is 44. The highest BCUT2D eigenvalue weighted by Gasteiger charge is 2.16. The molecule has 0 saturated carbocycles. The molecular formula is C50H92O5. The topological polar surface area (TPSA) is 72.8 Å². The average Bonchev–Trinajstić information content (AvgIpc) is 3.19. The van der Waals surface area contributed by atoms with Gasteiger partial charge in [-0.05, 0) is 51.4 Å². The quantitative estimate of drug-likeness (QED) is 0.0379. The Hall–Kier alpha value is -1.88. The van der Waals surface area contributed by atoms with Gasteiger partial charge in [0.05, 0.1) is 6.61 Å². The van der Waals surface area contributed by atoms with E-state index in [0.29, 0.717) is 12.8 Å². The Morgan fingerprint density at radius 1 is 0.418 bits per heavy atom. The van der Waals surface area contributed by atoms with Gasteiger partial charge in [0.25, 0.3) is 0 Å². The lowest BCUT2D eigenvalue weighted by Gasteiger charge is -2.15. The van der Waals surface area contributed by atoms with E-state index in [9.17, 15) is 14.7 Å². The number of esters is 2. The summed E-state index contributed by atoms with van der Waals surface area (Å²) < 4.78 is 10.7. The van der Waals surface area contributed by atoms with E-state index in [2.05, 4.69) is 50.3 Å². The fraction of sp³-hybridized carbons (Fsp3) is 0.840. The van der Waals surface area contributed by atoms with Gasteiger partial charge >= 0.3 is 11.9 Å². The zero-order chi connectivity index (χ0) is 40.0. The largest absolute Gasteiger partial charge is 0.462 e. The molecule has 0 aromatic heterocycles. The molecule has 1 atom stereocenters. The summed E-state index contributed by atoms with van der Waals surface area (Å²) >= 11 is 0. The predicted molar refractivity (Wildman–Crippen MR) is 238 cm³/mol. The Bertz CT molecular complexity index is 877. The van der Waals surface area contributed by atoms with Gasteiger partial charge in [-0.15, -0.1) is 0 Å². The number of allylic oxidation sites excluding steroid dienone is 6. The van der Waals surface area contributed by atoms with Gasteiger partial charge in [0.15, 0.2) is 6.10 Å². The Kier molecular flexibility index (Phi) is 44.9. The third kappa shape index (κ3) is 44.7. The molecular weight excluding hydrogens is 681 g/mol. The third-order valence-corrected chi connectivity index (χ3v) is 10.7. The summed E-state index contributed by atoms with van der Waals surface area (Å²) in [6.07, 6.45) is 58.0. The maximum Gasteiger partial charge on any atom is 0.306 e. The van der Waals surface area contributed by atoms with Crippen LogP contribution in [-0.2, 0) is 19.1 Å². The smallest absolute Gasteiger partial charge is 0.306 e. The molecule has 0 aliphatic rings. The normalized spacial score (nSPS) is 12.4. The maximum absolute atomic E-state index is 12.2. The fourth-order valence-electron chi connectivity index (χ4n) is 7.03. The first kappa shape index (κ1) is 53.1. The van der Waals surface area contributed by atoms with Crippen LogP contribution in [0.15, 0.2) is 36.5 Å². The standard InChI is InChI=1S/C50H92O5/c1-3-5-7-9-11-13-15-17-19-21-22-23-24-25-26-27-28-29-31-33-35-37-39-41-43-45-50(53)55-48(46-51)47-54-49(52)44-42-40-38-36-34-32-30-20-18-16-14-12-10-8-6-4-2/h15,17,21-22,24-25,48,51H,3-14,16,18-20,23,26-47H2,1-2H3/b17-15-,22-21-,25-24-. The molecule has 0 radical (unpaired) electrons. The van der Waals surface area contributed by atoms with E-state index in [1.165, 1.54) is 173 Å². The minimum Gasteiger partial charge on any atom is -0.462 e. The molecule has 0 fully saturated rings. The summed E-state index contributed by atoms with van der Waals surface area (Å²) in [5, 5.41) is 9.60. The van der Waals surface area contributed by atoms with Crippen molar-refractivity contribution in [2.24, 2.45) is 0 Å². The summed E-state index contributed by atoms with van der Waals surface area (Å²) in [5.41, 5.74) is 0. The van der Waals surface area contributed by atoms with E-state index < -0.39 is 6.10 Å². The molecule has 5 heteroatoms. The molecule has 0 rings (SSSR count). The van der Waals surface area contributed by atoms with Crippen LogP contribution in [-0.4, -0.2) is 36.4 Å². The number of carbonyl (C=O) groups is 2. The van der Waals surface area contributed by atoms with Crippen molar-refractivity contribution in [1.29, 1.82) is 0 Å². The SMILES string of the molecule is CCCCCCC/C=C\C/C=C\C/C=C\CCCCCCCCCCCCC(=O)OC(CO)COC(=O)CCCCCCCCCCCCCCCCCC. The molecule has 0 saturated heterocycles. The molecule has 0 aliphatic heterocycles. The highest BCUT2D eigenvalue weighted by molar-refractivity contribution is 5.70. The maximum atomic E-state index is 12.2. The van der Waals surface area contributed by atoms with Crippen molar-refractivity contribution in [3.8, 4) is 0 Å². The summed E-state index contributed by atoms with van der Waals surface area (Å²) in [6.45, 7) is 4.15. The highest BCUT2D eigenvalue weighted by atomic mass is 16.6. The van der Waals surface area contributed by atoms with Gasteiger partial charge < -0.3 is 14.6 Å². The predicted octanol–water partition coefficient (Wildman–Crippen LogP) is 15.6. The van der Waals surface area contributed by atoms with Crippen molar-refractivity contribution in [2.75, 3.05) is 13.2 Å². The minimum atomic E-state index is -0.771. The van der Waals surface area contributed by atoms with Crippen LogP contribution < -0.4 is 0 Å². The lowest BCUT2D eigenvalue weighted by Crippen LogP contribution is -2.28. The van der Waals surface area contributed by atoms with Gasteiger partial charge in [0, 0.05) is 12.8 Å². The van der Waals surface area contributed by atoms with E-state index in [1.807, 2.05) is 0 Å². The lowest BCUT2D eigenvalue weighted by atomic mass is 10.0. The first-order chi connectivity index (χ1) is 27.1. The summed E-state index contributed by atoms with van der Waals surface area (Å²) in [5.74, 6) is -0.584. The molecule has 322 valence electrons. The number of hydrogen-bond acceptors (Lipinski definition) is 5. The van der Waals surface area contributed by atoms with E-state index in [-0.39, 0.29) is 25.2 Å². The first-order valence-corrected chi connectivity index (χ1v) is 24.0. The molecule has 1 N–H and O–H groups in total. The van der Waals surface area contributed by atoms with Crippen molar-refractivity contribution >= 4 is 11.9 Å². The van der Waals surface area contributed by atoms with Crippen LogP contribution >= 0.6 is 0 Å². The zero-order valence-corrected chi connectivity index (χ0v) is 36.7. The third-order valence-electron chi connectivity index (χ3n) is 10.7. The number of hydrogen-bond donors (Lipinski definition) is 1. The number of aliphatic hydroxyl groups excluding tert-OH is 1. The van der Waals surface area contributed by atoms with Crippen LogP contribution in [0.2, 0.25) is 0 Å². The van der Waals surface area contributed by atoms with Crippen molar-refractivity contribution < 1.29 is 24.2 Å². The minimum absolute atomic E-state index is 0.0636. The molecule has 0 aromatic rings. The molecule has 5 nitrogen and oxygen atoms in total. The van der Waals surface area contributed by atoms with Crippen LogP contribution in [0.25, 0.3) is 0 Å². The van der Waals surface area contributed by atoms with Crippen LogP contribution in [0.3, 0.4) is 0 Å². The number of ether oxygens (including phenoxy) is 2.